The molecule has 124 valence electrons. The molecule has 7 heteroatoms. The van der Waals surface area contributed by atoms with Crippen molar-refractivity contribution >= 4 is 21.6 Å². The number of halogens is 2. The Balaban J connectivity index is 2.21. The summed E-state index contributed by atoms with van der Waals surface area (Å²) in [5, 5.41) is 0.0836. The number of hydrogen-bond donors (Lipinski definition) is 1. The molecular formula is C16H17ClFNO3S. The summed E-state index contributed by atoms with van der Waals surface area (Å²) in [7, 11) is -2.27. The van der Waals surface area contributed by atoms with Gasteiger partial charge in [-0.3, -0.25) is 0 Å². The minimum atomic E-state index is -3.78. The molecule has 2 aromatic carbocycles. The molecule has 0 aliphatic heterocycles. The summed E-state index contributed by atoms with van der Waals surface area (Å²) < 4.78 is 46.1. The zero-order chi connectivity index (χ0) is 17.0. The summed E-state index contributed by atoms with van der Waals surface area (Å²) in [5.74, 6) is -0.600. The second-order valence-electron chi connectivity index (χ2n) is 5.04. The number of ether oxygens (including phenoxy) is 1. The Bertz CT molecular complexity index is 775. The van der Waals surface area contributed by atoms with Crippen molar-refractivity contribution in [2.24, 2.45) is 0 Å². The quantitative estimate of drug-likeness (QED) is 0.858. The van der Waals surface area contributed by atoms with E-state index in [2.05, 4.69) is 4.72 Å². The predicted molar refractivity (Wildman–Crippen MR) is 88.6 cm³/mol. The largest absolute Gasteiger partial charge is 0.496 e. The van der Waals surface area contributed by atoms with Gasteiger partial charge in [-0.15, -0.1) is 0 Å². The van der Waals surface area contributed by atoms with Gasteiger partial charge in [0.25, 0.3) is 0 Å². The lowest BCUT2D eigenvalue weighted by Crippen LogP contribution is -2.28. The summed E-state index contributed by atoms with van der Waals surface area (Å²) in [6.07, 6.45) is 0. The first-order valence-corrected chi connectivity index (χ1v) is 8.93. The van der Waals surface area contributed by atoms with Crippen LogP contribution in [0, 0.1) is 5.82 Å². The highest BCUT2D eigenvalue weighted by Gasteiger charge is 2.21. The molecule has 0 spiro atoms. The fraction of sp³-hybridized carbons (Fsp3) is 0.250. The molecule has 23 heavy (non-hydrogen) atoms. The fourth-order valence-electron chi connectivity index (χ4n) is 2.26. The second kappa shape index (κ2) is 7.29. The Morgan fingerprint density at radius 1 is 1.22 bits per heavy atom. The molecule has 1 N–H and O–H groups in total. The first-order chi connectivity index (χ1) is 10.8. The van der Waals surface area contributed by atoms with Gasteiger partial charge in [0.15, 0.2) is 0 Å². The third kappa shape index (κ3) is 4.43. The van der Waals surface area contributed by atoms with E-state index < -0.39 is 27.6 Å². The van der Waals surface area contributed by atoms with Crippen molar-refractivity contribution in [3.63, 3.8) is 0 Å². The van der Waals surface area contributed by atoms with Crippen LogP contribution in [0.3, 0.4) is 0 Å². The molecule has 4 nitrogen and oxygen atoms in total. The van der Waals surface area contributed by atoms with Crippen molar-refractivity contribution in [1.82, 2.24) is 4.72 Å². The normalized spacial score (nSPS) is 12.9. The van der Waals surface area contributed by atoms with E-state index in [-0.39, 0.29) is 10.6 Å². The average molecular weight is 358 g/mol. The molecule has 1 unspecified atom stereocenters. The van der Waals surface area contributed by atoms with Crippen LogP contribution < -0.4 is 9.46 Å². The summed E-state index contributed by atoms with van der Waals surface area (Å²) in [6.45, 7) is 1.69. The standard InChI is InChI=1S/C16H17ClFNO3S/c1-11(12-6-3-4-9-16(12)22-2)19-23(20,21)10-13-14(17)7-5-8-15(13)18/h3-9,11,19H,10H2,1-2H3. The van der Waals surface area contributed by atoms with Crippen LogP contribution in [0.25, 0.3) is 0 Å². The van der Waals surface area contributed by atoms with Crippen LogP contribution in [0.5, 0.6) is 5.75 Å². The SMILES string of the molecule is COc1ccccc1C(C)NS(=O)(=O)Cc1c(F)cccc1Cl. The van der Waals surface area contributed by atoms with Crippen LogP contribution in [0.4, 0.5) is 4.39 Å². The molecule has 0 bridgehead atoms. The van der Waals surface area contributed by atoms with Gasteiger partial charge < -0.3 is 4.74 Å². The minimum Gasteiger partial charge on any atom is -0.496 e. The molecule has 2 aromatic rings. The number of methoxy groups -OCH3 is 1. The number of sulfonamides is 1. The van der Waals surface area contributed by atoms with Gasteiger partial charge in [0.05, 0.1) is 12.9 Å². The van der Waals surface area contributed by atoms with Gasteiger partial charge in [-0.25, -0.2) is 17.5 Å². The van der Waals surface area contributed by atoms with Gasteiger partial charge in [0.1, 0.15) is 11.6 Å². The highest BCUT2D eigenvalue weighted by atomic mass is 35.5. The van der Waals surface area contributed by atoms with E-state index in [0.29, 0.717) is 11.3 Å². The van der Waals surface area contributed by atoms with E-state index in [1.807, 2.05) is 0 Å². The highest BCUT2D eigenvalue weighted by molar-refractivity contribution is 7.88. The summed E-state index contributed by atoms with van der Waals surface area (Å²) >= 11 is 5.88. The van der Waals surface area contributed by atoms with E-state index in [9.17, 15) is 12.8 Å². The lowest BCUT2D eigenvalue weighted by molar-refractivity contribution is 0.405. The van der Waals surface area contributed by atoms with Crippen LogP contribution in [-0.4, -0.2) is 15.5 Å². The highest BCUT2D eigenvalue weighted by Crippen LogP contribution is 2.26. The minimum absolute atomic E-state index is 0.0473. The zero-order valence-electron chi connectivity index (χ0n) is 12.7. The molecule has 0 aromatic heterocycles. The lowest BCUT2D eigenvalue weighted by atomic mass is 10.1. The van der Waals surface area contributed by atoms with Crippen LogP contribution in [0.15, 0.2) is 42.5 Å². The third-order valence-corrected chi connectivity index (χ3v) is 5.09. The van der Waals surface area contributed by atoms with Crippen molar-refractivity contribution in [2.45, 2.75) is 18.7 Å². The van der Waals surface area contributed by atoms with Crippen LogP contribution >= 0.6 is 11.6 Å². The lowest BCUT2D eigenvalue weighted by Gasteiger charge is -2.17. The number of hydrogen-bond acceptors (Lipinski definition) is 3. The first-order valence-electron chi connectivity index (χ1n) is 6.90. The zero-order valence-corrected chi connectivity index (χ0v) is 14.3. The van der Waals surface area contributed by atoms with Gasteiger partial charge in [-0.05, 0) is 25.1 Å². The van der Waals surface area contributed by atoms with Gasteiger partial charge >= 0.3 is 0 Å². The van der Waals surface area contributed by atoms with E-state index in [1.165, 1.54) is 25.3 Å². The third-order valence-electron chi connectivity index (χ3n) is 3.36. The van der Waals surface area contributed by atoms with Gasteiger partial charge in [-0.1, -0.05) is 35.9 Å². The Hall–Kier alpha value is -1.63. The van der Waals surface area contributed by atoms with Crippen molar-refractivity contribution in [3.8, 4) is 5.75 Å². The Morgan fingerprint density at radius 3 is 2.57 bits per heavy atom. The monoisotopic (exact) mass is 357 g/mol. The van der Waals surface area contributed by atoms with Crippen LogP contribution in [-0.2, 0) is 15.8 Å². The molecule has 0 fully saturated rings. The van der Waals surface area contributed by atoms with Gasteiger partial charge in [0.2, 0.25) is 10.0 Å². The number of benzene rings is 2. The maximum absolute atomic E-state index is 13.8. The molecule has 0 aliphatic carbocycles. The number of rotatable bonds is 6. The van der Waals surface area contributed by atoms with E-state index in [0.717, 1.165) is 0 Å². The van der Waals surface area contributed by atoms with Crippen LogP contribution in [0.2, 0.25) is 5.02 Å². The maximum Gasteiger partial charge on any atom is 0.216 e. The molecule has 2 rings (SSSR count). The molecule has 1 atom stereocenters. The van der Waals surface area contributed by atoms with Crippen molar-refractivity contribution in [2.75, 3.05) is 7.11 Å². The molecule has 0 amide bonds. The Kier molecular flexibility index (Phi) is 5.62. The molecule has 0 saturated heterocycles. The number of nitrogens with one attached hydrogen (secondary N) is 1. The maximum atomic E-state index is 13.8. The topological polar surface area (TPSA) is 55.4 Å². The van der Waals surface area contributed by atoms with Gasteiger partial charge in [0, 0.05) is 22.2 Å². The summed E-state index contributed by atoms with van der Waals surface area (Å²) in [5.41, 5.74) is 0.645. The van der Waals surface area contributed by atoms with E-state index in [4.69, 9.17) is 16.3 Å². The van der Waals surface area contributed by atoms with Gasteiger partial charge in [-0.2, -0.15) is 0 Å². The first kappa shape index (κ1) is 17.7. The van der Waals surface area contributed by atoms with Crippen molar-refractivity contribution < 1.29 is 17.5 Å². The van der Waals surface area contributed by atoms with Crippen LogP contribution in [0.1, 0.15) is 24.1 Å². The Labute approximate surface area is 140 Å². The fourth-order valence-corrected chi connectivity index (χ4v) is 3.99. The molecule has 0 aliphatic rings. The molecule has 0 radical (unpaired) electrons. The van der Waals surface area contributed by atoms with Crippen molar-refractivity contribution in [1.29, 1.82) is 0 Å². The van der Waals surface area contributed by atoms with E-state index in [1.54, 1.807) is 31.2 Å². The van der Waals surface area contributed by atoms with Crippen molar-refractivity contribution in [3.05, 3.63) is 64.4 Å². The molecule has 0 heterocycles. The predicted octanol–water partition coefficient (Wildman–Crippen LogP) is 3.67. The smallest absolute Gasteiger partial charge is 0.216 e. The Morgan fingerprint density at radius 2 is 1.91 bits per heavy atom. The second-order valence-corrected chi connectivity index (χ2v) is 7.20. The van der Waals surface area contributed by atoms with E-state index >= 15 is 0 Å². The molecular weight excluding hydrogens is 341 g/mol. The summed E-state index contributed by atoms with van der Waals surface area (Å²) in [6, 6.07) is 10.6. The summed E-state index contributed by atoms with van der Waals surface area (Å²) in [4.78, 5) is 0. The number of para-hydroxylation sites is 1. The molecule has 0 saturated carbocycles. The average Bonchev–Trinajstić information content (AvgIpc) is 2.50.